The van der Waals surface area contributed by atoms with Crippen LogP contribution in [0.1, 0.15) is 21.5 Å². The number of hydrogen-bond donors (Lipinski definition) is 2. The largest absolute Gasteiger partial charge is 0.398 e. The monoisotopic (exact) mass is 258 g/mol. The predicted molar refractivity (Wildman–Crippen MR) is 74.7 cm³/mol. The minimum atomic E-state index is -0.467. The fourth-order valence-corrected chi connectivity index (χ4v) is 1.92. The fourth-order valence-electron chi connectivity index (χ4n) is 1.92. The Kier molecular flexibility index (Phi) is 3.51. The van der Waals surface area contributed by atoms with E-state index in [2.05, 4.69) is 5.32 Å². The molecule has 0 atom stereocenters. The summed E-state index contributed by atoms with van der Waals surface area (Å²) in [5.74, 6) is -0.869. The quantitative estimate of drug-likeness (QED) is 0.812. The summed E-state index contributed by atoms with van der Waals surface area (Å²) in [4.78, 5) is 12.2. The molecule has 0 saturated heterocycles. The van der Waals surface area contributed by atoms with E-state index >= 15 is 0 Å². The zero-order valence-electron chi connectivity index (χ0n) is 10.8. The van der Waals surface area contributed by atoms with Crippen molar-refractivity contribution in [3.63, 3.8) is 0 Å². The molecule has 4 heteroatoms. The lowest BCUT2D eigenvalue weighted by Crippen LogP contribution is -2.16. The standard InChI is InChI=1S/C15H15FN2O/c1-9-6-7-11(16)13(8-9)18-15(19)14-10(2)4-3-5-12(14)17/h3-8H,17H2,1-2H3,(H,18,19). The van der Waals surface area contributed by atoms with Gasteiger partial charge in [0.2, 0.25) is 0 Å². The van der Waals surface area contributed by atoms with Crippen LogP contribution in [-0.4, -0.2) is 5.91 Å². The Bertz CT molecular complexity index is 618. The molecule has 0 aliphatic heterocycles. The third-order valence-electron chi connectivity index (χ3n) is 2.90. The molecule has 0 radical (unpaired) electrons. The number of anilines is 2. The maximum atomic E-state index is 13.6. The summed E-state index contributed by atoms with van der Waals surface area (Å²) in [7, 11) is 0. The summed E-state index contributed by atoms with van der Waals surface area (Å²) in [5, 5.41) is 2.56. The molecule has 3 nitrogen and oxygen atoms in total. The Hall–Kier alpha value is -2.36. The number of nitrogens with two attached hydrogens (primary N) is 1. The molecule has 0 saturated carbocycles. The Morgan fingerprint density at radius 2 is 1.95 bits per heavy atom. The van der Waals surface area contributed by atoms with Crippen LogP contribution in [0.2, 0.25) is 0 Å². The van der Waals surface area contributed by atoms with Gasteiger partial charge in [-0.15, -0.1) is 0 Å². The normalized spacial score (nSPS) is 10.3. The number of carbonyl (C=O) groups is 1. The van der Waals surface area contributed by atoms with Gasteiger partial charge < -0.3 is 11.1 Å². The average molecular weight is 258 g/mol. The molecule has 0 fully saturated rings. The van der Waals surface area contributed by atoms with E-state index in [4.69, 9.17) is 5.73 Å². The maximum absolute atomic E-state index is 13.6. The van der Waals surface area contributed by atoms with Gasteiger partial charge in [-0.25, -0.2) is 4.39 Å². The van der Waals surface area contributed by atoms with Crippen LogP contribution >= 0.6 is 0 Å². The number of nitrogen functional groups attached to an aromatic ring is 1. The zero-order valence-corrected chi connectivity index (χ0v) is 10.8. The first-order valence-electron chi connectivity index (χ1n) is 5.91. The molecule has 3 N–H and O–H groups in total. The molecule has 0 aromatic heterocycles. The van der Waals surface area contributed by atoms with E-state index in [-0.39, 0.29) is 5.69 Å². The highest BCUT2D eigenvalue weighted by Gasteiger charge is 2.14. The summed E-state index contributed by atoms with van der Waals surface area (Å²) < 4.78 is 13.6. The number of amides is 1. The Labute approximate surface area is 111 Å². The van der Waals surface area contributed by atoms with Crippen LogP contribution < -0.4 is 11.1 Å². The second kappa shape index (κ2) is 5.10. The SMILES string of the molecule is Cc1ccc(F)c(NC(=O)c2c(C)cccc2N)c1. The van der Waals surface area contributed by atoms with E-state index in [0.717, 1.165) is 11.1 Å². The summed E-state index contributed by atoms with van der Waals surface area (Å²) >= 11 is 0. The van der Waals surface area contributed by atoms with Crippen molar-refractivity contribution >= 4 is 17.3 Å². The Morgan fingerprint density at radius 1 is 1.21 bits per heavy atom. The molecule has 0 unspecified atom stereocenters. The van der Waals surface area contributed by atoms with Crippen LogP contribution in [0.4, 0.5) is 15.8 Å². The molecule has 98 valence electrons. The topological polar surface area (TPSA) is 55.1 Å². The van der Waals surface area contributed by atoms with Gasteiger partial charge in [-0.3, -0.25) is 4.79 Å². The van der Waals surface area contributed by atoms with Crippen molar-refractivity contribution in [2.45, 2.75) is 13.8 Å². The van der Waals surface area contributed by atoms with Crippen molar-refractivity contribution in [1.29, 1.82) is 0 Å². The molecule has 0 aliphatic rings. The van der Waals surface area contributed by atoms with Crippen molar-refractivity contribution in [3.05, 3.63) is 58.9 Å². The van der Waals surface area contributed by atoms with Gasteiger partial charge in [0.15, 0.2) is 0 Å². The molecular formula is C15H15FN2O. The highest BCUT2D eigenvalue weighted by atomic mass is 19.1. The molecule has 0 aliphatic carbocycles. The minimum absolute atomic E-state index is 0.160. The minimum Gasteiger partial charge on any atom is -0.398 e. The van der Waals surface area contributed by atoms with E-state index in [1.807, 2.05) is 6.92 Å². The molecule has 19 heavy (non-hydrogen) atoms. The number of rotatable bonds is 2. The van der Waals surface area contributed by atoms with E-state index in [1.165, 1.54) is 6.07 Å². The first-order valence-corrected chi connectivity index (χ1v) is 5.91. The van der Waals surface area contributed by atoms with Crippen LogP contribution in [0.15, 0.2) is 36.4 Å². The lowest BCUT2D eigenvalue weighted by Gasteiger charge is -2.11. The Balaban J connectivity index is 2.34. The highest BCUT2D eigenvalue weighted by Crippen LogP contribution is 2.20. The lowest BCUT2D eigenvalue weighted by atomic mass is 10.1. The molecule has 0 heterocycles. The fraction of sp³-hybridized carbons (Fsp3) is 0.133. The second-order valence-electron chi connectivity index (χ2n) is 4.48. The number of hydrogen-bond acceptors (Lipinski definition) is 2. The van der Waals surface area contributed by atoms with Gasteiger partial charge in [0, 0.05) is 5.69 Å². The van der Waals surface area contributed by atoms with Crippen molar-refractivity contribution < 1.29 is 9.18 Å². The molecule has 1 amide bonds. The van der Waals surface area contributed by atoms with Crippen molar-refractivity contribution in [3.8, 4) is 0 Å². The molecular weight excluding hydrogens is 243 g/mol. The zero-order chi connectivity index (χ0) is 14.0. The molecule has 2 aromatic carbocycles. The lowest BCUT2D eigenvalue weighted by molar-refractivity contribution is 0.102. The highest BCUT2D eigenvalue weighted by molar-refractivity contribution is 6.08. The summed E-state index contributed by atoms with van der Waals surface area (Å²) in [6.07, 6.45) is 0. The van der Waals surface area contributed by atoms with Gasteiger partial charge in [0.25, 0.3) is 5.91 Å². The van der Waals surface area contributed by atoms with Gasteiger partial charge in [0.05, 0.1) is 11.3 Å². The van der Waals surface area contributed by atoms with Crippen LogP contribution in [0.5, 0.6) is 0 Å². The number of carbonyl (C=O) groups excluding carboxylic acids is 1. The van der Waals surface area contributed by atoms with Gasteiger partial charge in [-0.05, 0) is 43.2 Å². The number of benzene rings is 2. The molecule has 2 aromatic rings. The second-order valence-corrected chi connectivity index (χ2v) is 4.48. The van der Waals surface area contributed by atoms with Crippen LogP contribution in [0.25, 0.3) is 0 Å². The summed E-state index contributed by atoms with van der Waals surface area (Å²) in [6.45, 7) is 3.62. The van der Waals surface area contributed by atoms with E-state index in [1.54, 1.807) is 37.3 Å². The van der Waals surface area contributed by atoms with E-state index < -0.39 is 11.7 Å². The summed E-state index contributed by atoms with van der Waals surface area (Å²) in [6, 6.07) is 9.77. The molecule has 0 spiro atoms. The smallest absolute Gasteiger partial charge is 0.258 e. The van der Waals surface area contributed by atoms with Gasteiger partial charge in [-0.2, -0.15) is 0 Å². The number of nitrogens with one attached hydrogen (secondary N) is 1. The van der Waals surface area contributed by atoms with Crippen LogP contribution in [0, 0.1) is 19.7 Å². The average Bonchev–Trinajstić information content (AvgIpc) is 2.33. The number of aryl methyl sites for hydroxylation is 2. The molecule has 0 bridgehead atoms. The third-order valence-corrected chi connectivity index (χ3v) is 2.90. The maximum Gasteiger partial charge on any atom is 0.258 e. The van der Waals surface area contributed by atoms with E-state index in [0.29, 0.717) is 11.3 Å². The number of halogens is 1. The third kappa shape index (κ3) is 2.73. The van der Waals surface area contributed by atoms with Gasteiger partial charge in [-0.1, -0.05) is 18.2 Å². The first-order chi connectivity index (χ1) is 8.99. The van der Waals surface area contributed by atoms with Gasteiger partial charge >= 0.3 is 0 Å². The van der Waals surface area contributed by atoms with Crippen molar-refractivity contribution in [2.24, 2.45) is 0 Å². The Morgan fingerprint density at radius 3 is 2.63 bits per heavy atom. The predicted octanol–water partition coefficient (Wildman–Crippen LogP) is 3.28. The van der Waals surface area contributed by atoms with Crippen molar-refractivity contribution in [1.82, 2.24) is 0 Å². The molecule has 2 rings (SSSR count). The first kappa shape index (κ1) is 13.1. The van der Waals surface area contributed by atoms with E-state index in [9.17, 15) is 9.18 Å². The summed E-state index contributed by atoms with van der Waals surface area (Å²) in [5.41, 5.74) is 8.33. The van der Waals surface area contributed by atoms with Crippen molar-refractivity contribution in [2.75, 3.05) is 11.1 Å². The van der Waals surface area contributed by atoms with Crippen LogP contribution in [-0.2, 0) is 0 Å². The van der Waals surface area contributed by atoms with Crippen LogP contribution in [0.3, 0.4) is 0 Å². The van der Waals surface area contributed by atoms with Gasteiger partial charge in [0.1, 0.15) is 5.82 Å².